The van der Waals surface area contributed by atoms with E-state index in [4.69, 9.17) is 0 Å². The van der Waals surface area contributed by atoms with Gasteiger partial charge in [-0.15, -0.1) is 0 Å². The van der Waals surface area contributed by atoms with Crippen LogP contribution in [0, 0.1) is 11.8 Å². The summed E-state index contributed by atoms with van der Waals surface area (Å²) < 4.78 is 0. The molecule has 1 fully saturated rings. The molecule has 2 bridgehead atoms. The molecular weight excluding hydrogens is 382 g/mol. The highest BCUT2D eigenvalue weighted by molar-refractivity contribution is 6.26. The summed E-state index contributed by atoms with van der Waals surface area (Å²) in [6.45, 7) is 0. The summed E-state index contributed by atoms with van der Waals surface area (Å²) in [6.07, 6.45) is 0. The maximum Gasteiger partial charge on any atom is 0.238 e. The maximum atomic E-state index is 13.9. The Labute approximate surface area is 179 Å². The molecule has 4 aromatic rings. The van der Waals surface area contributed by atoms with Gasteiger partial charge in [0, 0.05) is 17.2 Å². The second-order valence-corrected chi connectivity index (χ2v) is 8.77. The fourth-order valence-corrected chi connectivity index (χ4v) is 6.32. The highest BCUT2D eigenvalue weighted by Crippen LogP contribution is 2.61. The lowest BCUT2D eigenvalue weighted by atomic mass is 9.55. The molecule has 31 heavy (non-hydrogen) atoms. The van der Waals surface area contributed by atoms with E-state index in [-0.39, 0.29) is 35.5 Å². The molecule has 0 saturated carbocycles. The number of rotatable bonds is 1. The van der Waals surface area contributed by atoms with Crippen LogP contribution in [0.4, 0.5) is 5.69 Å². The van der Waals surface area contributed by atoms with Crippen molar-refractivity contribution in [3.8, 4) is 0 Å². The van der Waals surface area contributed by atoms with Crippen molar-refractivity contribution in [3.63, 3.8) is 0 Å². The molecule has 3 nitrogen and oxygen atoms in total. The molecule has 0 spiro atoms. The van der Waals surface area contributed by atoms with E-state index in [1.807, 2.05) is 66.7 Å². The van der Waals surface area contributed by atoms with Crippen LogP contribution in [-0.4, -0.2) is 11.8 Å². The van der Waals surface area contributed by atoms with Crippen molar-refractivity contribution in [2.75, 3.05) is 4.90 Å². The van der Waals surface area contributed by atoms with Crippen molar-refractivity contribution in [2.45, 2.75) is 11.8 Å². The molecule has 1 saturated heterocycles. The highest BCUT2D eigenvalue weighted by Gasteiger charge is 2.61. The van der Waals surface area contributed by atoms with Gasteiger partial charge in [-0.25, -0.2) is 4.90 Å². The summed E-state index contributed by atoms with van der Waals surface area (Å²) in [6, 6.07) is 30.5. The maximum absolute atomic E-state index is 13.9. The molecule has 1 aliphatic heterocycles. The SMILES string of the molecule is O=C1[C@H]2C3c4ccccc4C(c4ccccc43)[C@@H]2C(=O)N1c1cccc2ccccc12. The number of nitrogens with zero attached hydrogens (tertiary/aromatic N) is 1. The Hall–Kier alpha value is -3.72. The third-order valence-electron chi connectivity index (χ3n) is 7.46. The van der Waals surface area contributed by atoms with Crippen LogP contribution in [0.25, 0.3) is 10.8 Å². The van der Waals surface area contributed by atoms with Gasteiger partial charge >= 0.3 is 0 Å². The number of hydrogen-bond donors (Lipinski definition) is 0. The molecule has 148 valence electrons. The van der Waals surface area contributed by atoms with Crippen molar-refractivity contribution in [3.05, 3.63) is 113 Å². The van der Waals surface area contributed by atoms with E-state index in [0.29, 0.717) is 5.69 Å². The van der Waals surface area contributed by atoms with Crippen LogP contribution >= 0.6 is 0 Å². The largest absolute Gasteiger partial charge is 0.274 e. The number of carbonyl (C=O) groups excluding carboxylic acids is 2. The summed E-state index contributed by atoms with van der Waals surface area (Å²) in [7, 11) is 0. The van der Waals surface area contributed by atoms with Crippen molar-refractivity contribution in [1.29, 1.82) is 0 Å². The molecule has 0 aromatic heterocycles. The minimum atomic E-state index is -0.346. The number of anilines is 1. The Morgan fingerprint density at radius 2 is 0.968 bits per heavy atom. The van der Waals surface area contributed by atoms with Crippen LogP contribution in [0.2, 0.25) is 0 Å². The minimum absolute atomic E-state index is 0.0645. The molecule has 8 rings (SSSR count). The number of imide groups is 1. The smallest absolute Gasteiger partial charge is 0.238 e. The number of fused-ring (bicyclic) bond motifs is 1. The van der Waals surface area contributed by atoms with Gasteiger partial charge < -0.3 is 0 Å². The first-order valence-corrected chi connectivity index (χ1v) is 10.8. The number of benzene rings is 4. The predicted octanol–water partition coefficient (Wildman–Crippen LogP) is 5.24. The first-order valence-electron chi connectivity index (χ1n) is 10.8. The number of amides is 2. The molecule has 4 aromatic carbocycles. The van der Waals surface area contributed by atoms with Crippen LogP contribution < -0.4 is 4.90 Å². The molecule has 0 unspecified atom stereocenters. The normalized spacial score (nSPS) is 25.5. The Bertz CT molecular complexity index is 1300. The standard InChI is InChI=1S/C28H19NO2/c30-27-25-23-18-11-3-4-12-19(18)24(21-14-6-5-13-20(21)23)26(25)28(31)29(27)22-15-7-9-16-8-1-2-10-17(16)22/h1-15,23-26H/t23?,24?,25-,26-/m0/s1. The van der Waals surface area contributed by atoms with Gasteiger partial charge in [0.25, 0.3) is 0 Å². The van der Waals surface area contributed by atoms with Gasteiger partial charge in [0.05, 0.1) is 17.5 Å². The van der Waals surface area contributed by atoms with Gasteiger partial charge in [-0.3, -0.25) is 9.59 Å². The Kier molecular flexibility index (Phi) is 3.25. The molecule has 0 radical (unpaired) electrons. The van der Waals surface area contributed by atoms with Crippen LogP contribution in [0.3, 0.4) is 0 Å². The number of hydrogen-bond acceptors (Lipinski definition) is 2. The van der Waals surface area contributed by atoms with Gasteiger partial charge in [0.15, 0.2) is 0 Å². The summed E-state index contributed by atoms with van der Waals surface area (Å²) in [5.41, 5.74) is 5.51. The van der Waals surface area contributed by atoms with E-state index in [9.17, 15) is 9.59 Å². The molecule has 4 aliphatic rings. The van der Waals surface area contributed by atoms with E-state index in [1.165, 1.54) is 27.2 Å². The average molecular weight is 401 g/mol. The molecule has 0 N–H and O–H groups in total. The van der Waals surface area contributed by atoms with E-state index in [1.54, 1.807) is 0 Å². The van der Waals surface area contributed by atoms with Crippen molar-refractivity contribution < 1.29 is 9.59 Å². The predicted molar refractivity (Wildman–Crippen MR) is 120 cm³/mol. The Morgan fingerprint density at radius 1 is 0.516 bits per heavy atom. The third-order valence-corrected chi connectivity index (χ3v) is 7.46. The van der Waals surface area contributed by atoms with Crippen molar-refractivity contribution >= 4 is 28.3 Å². The summed E-state index contributed by atoms with van der Waals surface area (Å²) in [4.78, 5) is 29.3. The van der Waals surface area contributed by atoms with Crippen molar-refractivity contribution in [1.82, 2.24) is 0 Å². The van der Waals surface area contributed by atoms with Gasteiger partial charge in [-0.05, 0) is 33.7 Å². The second-order valence-electron chi connectivity index (χ2n) is 8.77. The average Bonchev–Trinajstić information content (AvgIpc) is 3.09. The minimum Gasteiger partial charge on any atom is -0.274 e. The van der Waals surface area contributed by atoms with Gasteiger partial charge in [0.2, 0.25) is 11.8 Å². The summed E-state index contributed by atoms with van der Waals surface area (Å²) in [5.74, 6) is -0.962. The zero-order valence-electron chi connectivity index (χ0n) is 16.7. The zero-order valence-corrected chi connectivity index (χ0v) is 16.7. The molecule has 1 heterocycles. The monoisotopic (exact) mass is 401 g/mol. The quantitative estimate of drug-likeness (QED) is 0.409. The molecule has 3 aliphatic carbocycles. The lowest BCUT2D eigenvalue weighted by molar-refractivity contribution is -0.122. The first-order chi connectivity index (χ1) is 15.3. The van der Waals surface area contributed by atoms with Crippen LogP contribution in [0.5, 0.6) is 0 Å². The van der Waals surface area contributed by atoms with Crippen LogP contribution in [-0.2, 0) is 9.59 Å². The van der Waals surface area contributed by atoms with Crippen LogP contribution in [0.15, 0.2) is 91.0 Å². The lowest BCUT2D eigenvalue weighted by Gasteiger charge is -2.45. The van der Waals surface area contributed by atoms with E-state index < -0.39 is 0 Å². The van der Waals surface area contributed by atoms with Gasteiger partial charge in [0.1, 0.15) is 0 Å². The highest BCUT2D eigenvalue weighted by atomic mass is 16.2. The third kappa shape index (κ3) is 2.03. The fourth-order valence-electron chi connectivity index (χ4n) is 6.32. The van der Waals surface area contributed by atoms with E-state index in [0.717, 1.165) is 10.8 Å². The topological polar surface area (TPSA) is 37.4 Å². The summed E-state index contributed by atoms with van der Waals surface area (Å²) >= 11 is 0. The van der Waals surface area contributed by atoms with Gasteiger partial charge in [-0.1, -0.05) is 84.9 Å². The molecule has 2 amide bonds. The van der Waals surface area contributed by atoms with Crippen LogP contribution in [0.1, 0.15) is 34.1 Å². The van der Waals surface area contributed by atoms with E-state index in [2.05, 4.69) is 24.3 Å². The van der Waals surface area contributed by atoms with Crippen molar-refractivity contribution in [2.24, 2.45) is 11.8 Å². The van der Waals surface area contributed by atoms with E-state index >= 15 is 0 Å². The lowest BCUT2D eigenvalue weighted by Crippen LogP contribution is -2.41. The molecular formula is C28H19NO2. The summed E-state index contributed by atoms with van der Waals surface area (Å²) in [5, 5.41) is 1.97. The molecule has 3 heteroatoms. The fraction of sp³-hybridized carbons (Fsp3) is 0.143. The Morgan fingerprint density at radius 3 is 1.52 bits per heavy atom. The number of carbonyl (C=O) groups is 2. The Balaban J connectivity index is 1.47. The zero-order chi connectivity index (χ0) is 20.7. The molecule has 2 atom stereocenters. The second kappa shape index (κ2) is 5.92. The van der Waals surface area contributed by atoms with Gasteiger partial charge in [-0.2, -0.15) is 0 Å². The first kappa shape index (κ1) is 17.0.